The van der Waals surface area contributed by atoms with Gasteiger partial charge in [-0.25, -0.2) is 0 Å². The van der Waals surface area contributed by atoms with Gasteiger partial charge in [0.05, 0.1) is 0 Å². The van der Waals surface area contributed by atoms with Gasteiger partial charge in [-0.05, 0) is 73.4 Å². The van der Waals surface area contributed by atoms with Gasteiger partial charge in [-0.3, -0.25) is 0 Å². The van der Waals surface area contributed by atoms with Gasteiger partial charge < -0.3 is 0 Å². The first-order chi connectivity index (χ1) is 10.3. The number of allylic oxidation sites excluding steroid dienone is 8. The molecule has 0 nitrogen and oxygen atoms in total. The Morgan fingerprint density at radius 2 is 1.91 bits per heavy atom. The molecule has 0 fully saturated rings. The minimum Gasteiger partial charge on any atom is -0.0847 e. The standard InChI is InChI=1S/C22H28/c1-7-16(2)9-8-10-17(3)19-11-12-21-20(15-19)18(4)13-14-22(21,5)6/h7-13,15H,14H2,1-6H3/b9-8+,16-7+,17-10+. The van der Waals surface area contributed by atoms with Crippen LogP contribution in [0.25, 0.3) is 11.1 Å². The van der Waals surface area contributed by atoms with Crippen molar-refractivity contribution in [3.63, 3.8) is 0 Å². The summed E-state index contributed by atoms with van der Waals surface area (Å²) in [4.78, 5) is 0. The summed E-state index contributed by atoms with van der Waals surface area (Å²) < 4.78 is 0. The van der Waals surface area contributed by atoms with E-state index in [2.05, 4.69) is 90.1 Å². The van der Waals surface area contributed by atoms with Crippen LogP contribution in [0.4, 0.5) is 0 Å². The van der Waals surface area contributed by atoms with Crippen molar-refractivity contribution < 1.29 is 0 Å². The molecule has 22 heavy (non-hydrogen) atoms. The molecule has 1 aliphatic carbocycles. The summed E-state index contributed by atoms with van der Waals surface area (Å²) in [6, 6.07) is 6.94. The summed E-state index contributed by atoms with van der Waals surface area (Å²) in [5, 5.41) is 0. The molecule has 1 aliphatic rings. The number of hydrogen-bond donors (Lipinski definition) is 0. The predicted molar refractivity (Wildman–Crippen MR) is 100.0 cm³/mol. The number of hydrogen-bond acceptors (Lipinski definition) is 0. The maximum Gasteiger partial charge on any atom is -0.00629 e. The highest BCUT2D eigenvalue weighted by atomic mass is 14.3. The Morgan fingerprint density at radius 1 is 1.18 bits per heavy atom. The van der Waals surface area contributed by atoms with Crippen molar-refractivity contribution in [3.05, 3.63) is 70.8 Å². The molecule has 0 heterocycles. The second kappa shape index (κ2) is 6.52. The Balaban J connectivity index is 2.36. The van der Waals surface area contributed by atoms with E-state index in [1.807, 2.05) is 0 Å². The smallest absolute Gasteiger partial charge is 0.00629 e. The van der Waals surface area contributed by atoms with Gasteiger partial charge in [-0.2, -0.15) is 0 Å². The van der Waals surface area contributed by atoms with Crippen LogP contribution in [0.2, 0.25) is 0 Å². The van der Waals surface area contributed by atoms with Gasteiger partial charge in [-0.1, -0.05) is 61.9 Å². The highest BCUT2D eigenvalue weighted by Gasteiger charge is 2.26. The maximum atomic E-state index is 2.38. The lowest BCUT2D eigenvalue weighted by Crippen LogP contribution is -2.21. The number of rotatable bonds is 3. The van der Waals surface area contributed by atoms with Crippen molar-refractivity contribution in [2.24, 2.45) is 0 Å². The van der Waals surface area contributed by atoms with Gasteiger partial charge in [0.2, 0.25) is 0 Å². The largest absolute Gasteiger partial charge is 0.0847 e. The molecule has 0 bridgehead atoms. The van der Waals surface area contributed by atoms with Crippen molar-refractivity contribution in [2.75, 3.05) is 0 Å². The van der Waals surface area contributed by atoms with E-state index in [-0.39, 0.29) is 5.41 Å². The molecule has 0 radical (unpaired) electrons. The molecule has 2 rings (SSSR count). The molecule has 0 spiro atoms. The van der Waals surface area contributed by atoms with E-state index < -0.39 is 0 Å². The predicted octanol–water partition coefficient (Wildman–Crippen LogP) is 6.70. The van der Waals surface area contributed by atoms with Crippen molar-refractivity contribution in [3.8, 4) is 0 Å². The van der Waals surface area contributed by atoms with E-state index in [0.717, 1.165) is 6.42 Å². The molecule has 0 atom stereocenters. The van der Waals surface area contributed by atoms with Gasteiger partial charge in [0.25, 0.3) is 0 Å². The molecule has 1 aromatic rings. The third-order valence-electron chi connectivity index (χ3n) is 4.71. The minimum atomic E-state index is 0.244. The zero-order valence-corrected chi connectivity index (χ0v) is 14.8. The van der Waals surface area contributed by atoms with E-state index in [0.29, 0.717) is 0 Å². The summed E-state index contributed by atoms with van der Waals surface area (Å²) in [6.45, 7) is 13.3. The fourth-order valence-electron chi connectivity index (χ4n) is 2.87. The van der Waals surface area contributed by atoms with E-state index in [1.54, 1.807) is 0 Å². The molecule has 1 aromatic carbocycles. The Morgan fingerprint density at radius 3 is 2.59 bits per heavy atom. The van der Waals surface area contributed by atoms with Crippen LogP contribution in [0.15, 0.2) is 54.2 Å². The lowest BCUT2D eigenvalue weighted by atomic mass is 9.73. The monoisotopic (exact) mass is 292 g/mol. The Bertz CT molecular complexity index is 676. The molecule has 0 saturated heterocycles. The van der Waals surface area contributed by atoms with Gasteiger partial charge in [0.15, 0.2) is 0 Å². The molecule has 116 valence electrons. The molecule has 0 aliphatic heterocycles. The lowest BCUT2D eigenvalue weighted by Gasteiger charge is -2.31. The number of benzene rings is 1. The molecule has 0 unspecified atom stereocenters. The molecule has 0 amide bonds. The third kappa shape index (κ3) is 3.50. The third-order valence-corrected chi connectivity index (χ3v) is 4.71. The van der Waals surface area contributed by atoms with Crippen LogP contribution in [0.3, 0.4) is 0 Å². The molecule has 0 N–H and O–H groups in total. The fraction of sp³-hybridized carbons (Fsp3) is 0.364. The summed E-state index contributed by atoms with van der Waals surface area (Å²) >= 11 is 0. The summed E-state index contributed by atoms with van der Waals surface area (Å²) in [5.74, 6) is 0. The van der Waals surface area contributed by atoms with Gasteiger partial charge in [-0.15, -0.1) is 0 Å². The second-order valence-corrected chi connectivity index (χ2v) is 6.98. The van der Waals surface area contributed by atoms with Crippen LogP contribution in [0.5, 0.6) is 0 Å². The molecule has 0 heteroatoms. The zero-order chi connectivity index (χ0) is 16.3. The van der Waals surface area contributed by atoms with E-state index in [9.17, 15) is 0 Å². The van der Waals surface area contributed by atoms with Crippen LogP contribution in [0, 0.1) is 0 Å². The Hall–Kier alpha value is -1.82. The zero-order valence-electron chi connectivity index (χ0n) is 14.8. The highest BCUT2D eigenvalue weighted by molar-refractivity contribution is 5.75. The highest BCUT2D eigenvalue weighted by Crippen LogP contribution is 2.39. The minimum absolute atomic E-state index is 0.244. The average molecular weight is 292 g/mol. The van der Waals surface area contributed by atoms with Gasteiger partial charge >= 0.3 is 0 Å². The van der Waals surface area contributed by atoms with Crippen LogP contribution in [-0.4, -0.2) is 0 Å². The van der Waals surface area contributed by atoms with Crippen LogP contribution in [0.1, 0.15) is 64.7 Å². The van der Waals surface area contributed by atoms with E-state index in [4.69, 9.17) is 0 Å². The average Bonchev–Trinajstić information content (AvgIpc) is 2.50. The SMILES string of the molecule is C/C=C(C)/C=C/C=C(\C)c1ccc2c(c1)C(C)=CCC2(C)C. The first-order valence-electron chi connectivity index (χ1n) is 8.15. The van der Waals surface area contributed by atoms with Gasteiger partial charge in [0.1, 0.15) is 0 Å². The lowest BCUT2D eigenvalue weighted by molar-refractivity contribution is 0.527. The summed E-state index contributed by atoms with van der Waals surface area (Å²) in [5.41, 5.74) is 8.44. The normalized spacial score (nSPS) is 18.4. The fourth-order valence-corrected chi connectivity index (χ4v) is 2.87. The second-order valence-electron chi connectivity index (χ2n) is 6.98. The topological polar surface area (TPSA) is 0 Å². The van der Waals surface area contributed by atoms with Gasteiger partial charge in [0, 0.05) is 0 Å². The first kappa shape index (κ1) is 16.5. The quantitative estimate of drug-likeness (QED) is 0.544. The molecule has 0 saturated carbocycles. The Labute approximate surface area is 136 Å². The first-order valence-corrected chi connectivity index (χ1v) is 8.15. The maximum absolute atomic E-state index is 2.38. The molecular weight excluding hydrogens is 264 g/mol. The van der Waals surface area contributed by atoms with E-state index >= 15 is 0 Å². The summed E-state index contributed by atoms with van der Waals surface area (Å²) in [6.07, 6.45) is 12.1. The van der Waals surface area contributed by atoms with Crippen molar-refractivity contribution in [1.29, 1.82) is 0 Å². The molecular formula is C22H28. The summed E-state index contributed by atoms with van der Waals surface area (Å²) in [7, 11) is 0. The number of fused-ring (bicyclic) bond motifs is 1. The van der Waals surface area contributed by atoms with Crippen molar-refractivity contribution in [1.82, 2.24) is 0 Å². The van der Waals surface area contributed by atoms with Crippen LogP contribution < -0.4 is 0 Å². The van der Waals surface area contributed by atoms with Crippen molar-refractivity contribution >= 4 is 11.1 Å². The van der Waals surface area contributed by atoms with Crippen LogP contribution in [-0.2, 0) is 5.41 Å². The van der Waals surface area contributed by atoms with E-state index in [1.165, 1.54) is 33.4 Å². The Kier molecular flexibility index (Phi) is 4.90. The molecule has 0 aromatic heterocycles. The van der Waals surface area contributed by atoms with Crippen LogP contribution >= 0.6 is 0 Å². The van der Waals surface area contributed by atoms with Crippen molar-refractivity contribution in [2.45, 2.75) is 53.4 Å².